The van der Waals surface area contributed by atoms with Gasteiger partial charge in [-0.05, 0) is 96.3 Å². The number of carbonyl (C=O) groups excluding carboxylic acids is 3. The summed E-state index contributed by atoms with van der Waals surface area (Å²) in [5.74, 6) is -0.906. The molecule has 0 saturated carbocycles. The lowest BCUT2D eigenvalue weighted by molar-refractivity contribution is -0.167. The predicted octanol–water partition coefficient (Wildman–Crippen LogP) is 22.0. The van der Waals surface area contributed by atoms with Crippen LogP contribution in [0.4, 0.5) is 0 Å². The summed E-state index contributed by atoms with van der Waals surface area (Å²) in [5, 5.41) is 0. The topological polar surface area (TPSA) is 78.9 Å². The third-order valence-corrected chi connectivity index (χ3v) is 13.8. The fourth-order valence-electron chi connectivity index (χ4n) is 9.07. The molecule has 0 spiro atoms. The lowest BCUT2D eigenvalue weighted by Gasteiger charge is -2.18. The van der Waals surface area contributed by atoms with E-state index in [1.165, 1.54) is 141 Å². The van der Waals surface area contributed by atoms with Crippen LogP contribution >= 0.6 is 0 Å². The molecule has 436 valence electrons. The Bertz CT molecular complexity index is 1490. The normalized spacial score (nSPS) is 12.7. The highest BCUT2D eigenvalue weighted by molar-refractivity contribution is 5.71. The van der Waals surface area contributed by atoms with Crippen LogP contribution in [-0.4, -0.2) is 37.2 Å². The van der Waals surface area contributed by atoms with E-state index in [0.717, 1.165) is 128 Å². The molecule has 76 heavy (non-hydrogen) atoms. The van der Waals surface area contributed by atoms with E-state index in [4.69, 9.17) is 14.2 Å². The number of carbonyl (C=O) groups is 3. The average Bonchev–Trinajstić information content (AvgIpc) is 3.42. The third kappa shape index (κ3) is 61.2. The van der Waals surface area contributed by atoms with Crippen LogP contribution in [0.15, 0.2) is 97.2 Å². The molecule has 0 fully saturated rings. The predicted molar refractivity (Wildman–Crippen MR) is 330 cm³/mol. The van der Waals surface area contributed by atoms with Crippen LogP contribution in [0.25, 0.3) is 0 Å². The van der Waals surface area contributed by atoms with E-state index in [1.807, 2.05) is 0 Å². The van der Waals surface area contributed by atoms with Crippen molar-refractivity contribution in [1.29, 1.82) is 0 Å². The summed E-state index contributed by atoms with van der Waals surface area (Å²) in [6.07, 6.45) is 85.5. The Kier molecular flexibility index (Phi) is 60.8. The van der Waals surface area contributed by atoms with Crippen molar-refractivity contribution < 1.29 is 28.6 Å². The molecule has 1 atom stereocenters. The lowest BCUT2D eigenvalue weighted by atomic mass is 10.0. The molecule has 0 heterocycles. The molecule has 6 heteroatoms. The van der Waals surface area contributed by atoms with Crippen LogP contribution in [-0.2, 0) is 28.6 Å². The number of allylic oxidation sites excluding steroid dienone is 16. The van der Waals surface area contributed by atoms with Crippen molar-refractivity contribution in [2.75, 3.05) is 13.2 Å². The molecule has 0 saturated heterocycles. The van der Waals surface area contributed by atoms with Gasteiger partial charge in [0.05, 0.1) is 0 Å². The molecule has 0 N–H and O–H groups in total. The van der Waals surface area contributed by atoms with E-state index in [2.05, 4.69) is 118 Å². The first-order valence-corrected chi connectivity index (χ1v) is 32.2. The number of rotatable bonds is 58. The van der Waals surface area contributed by atoms with Gasteiger partial charge < -0.3 is 14.2 Å². The summed E-state index contributed by atoms with van der Waals surface area (Å²) in [6, 6.07) is 0. The average molecular weight is 1060 g/mol. The van der Waals surface area contributed by atoms with Gasteiger partial charge in [-0.3, -0.25) is 14.4 Å². The molecule has 0 bridgehead atoms. The summed E-state index contributed by atoms with van der Waals surface area (Å²) in [4.78, 5) is 38.4. The fourth-order valence-corrected chi connectivity index (χ4v) is 9.07. The van der Waals surface area contributed by atoms with Crippen molar-refractivity contribution in [1.82, 2.24) is 0 Å². The van der Waals surface area contributed by atoms with E-state index in [1.54, 1.807) is 0 Å². The van der Waals surface area contributed by atoms with Gasteiger partial charge in [0.25, 0.3) is 0 Å². The SMILES string of the molecule is CC/C=C\C/C=C\C/C=C\C/C=C\CCCCCCCCCCC(=O)OCC(COC(=O)CCCCCC/C=C\C/C=C\C/C=C\C/C=C\CC)OC(=O)CCCCCCCCCCCCCCCCCCCCCC. The molecule has 0 aliphatic heterocycles. The number of ether oxygens (including phenoxy) is 3. The minimum Gasteiger partial charge on any atom is -0.462 e. The van der Waals surface area contributed by atoms with E-state index >= 15 is 0 Å². The maximum atomic E-state index is 12.9. The number of hydrogen-bond donors (Lipinski definition) is 0. The minimum absolute atomic E-state index is 0.0880. The minimum atomic E-state index is -0.792. The molecule has 6 nitrogen and oxygen atoms in total. The summed E-state index contributed by atoms with van der Waals surface area (Å²) >= 11 is 0. The first-order chi connectivity index (χ1) is 37.5. The molecule has 0 aromatic heterocycles. The van der Waals surface area contributed by atoms with Crippen molar-refractivity contribution in [2.24, 2.45) is 0 Å². The molecular formula is C70H120O6. The second-order valence-electron chi connectivity index (χ2n) is 21.3. The van der Waals surface area contributed by atoms with Gasteiger partial charge in [-0.25, -0.2) is 0 Å². The van der Waals surface area contributed by atoms with Crippen LogP contribution < -0.4 is 0 Å². The first-order valence-electron chi connectivity index (χ1n) is 32.2. The van der Waals surface area contributed by atoms with Gasteiger partial charge in [-0.2, -0.15) is 0 Å². The number of unbranched alkanes of at least 4 members (excludes halogenated alkanes) is 31. The van der Waals surface area contributed by atoms with Crippen LogP contribution in [0, 0.1) is 0 Å². The molecule has 0 aromatic rings. The van der Waals surface area contributed by atoms with Gasteiger partial charge in [-0.15, -0.1) is 0 Å². The van der Waals surface area contributed by atoms with Gasteiger partial charge in [-0.1, -0.05) is 291 Å². The quantitative estimate of drug-likeness (QED) is 0.0261. The fraction of sp³-hybridized carbons (Fsp3) is 0.729. The van der Waals surface area contributed by atoms with Crippen LogP contribution in [0.1, 0.15) is 310 Å². The first kappa shape index (κ1) is 72.3. The summed E-state index contributed by atoms with van der Waals surface area (Å²) in [7, 11) is 0. The molecular weight excluding hydrogens is 937 g/mol. The monoisotopic (exact) mass is 1060 g/mol. The highest BCUT2D eigenvalue weighted by atomic mass is 16.6. The van der Waals surface area contributed by atoms with E-state index in [-0.39, 0.29) is 31.1 Å². The van der Waals surface area contributed by atoms with Gasteiger partial charge in [0, 0.05) is 19.3 Å². The smallest absolute Gasteiger partial charge is 0.306 e. The summed E-state index contributed by atoms with van der Waals surface area (Å²) in [6.45, 7) is 6.42. The van der Waals surface area contributed by atoms with Crippen molar-refractivity contribution in [3.63, 3.8) is 0 Å². The molecule has 0 aromatic carbocycles. The zero-order chi connectivity index (χ0) is 55.0. The molecule has 0 aliphatic carbocycles. The van der Waals surface area contributed by atoms with E-state index in [9.17, 15) is 14.4 Å². The van der Waals surface area contributed by atoms with E-state index < -0.39 is 6.10 Å². The second-order valence-corrected chi connectivity index (χ2v) is 21.3. The Morgan fingerprint density at radius 2 is 0.513 bits per heavy atom. The zero-order valence-corrected chi connectivity index (χ0v) is 50.0. The Labute approximate surface area is 470 Å². The van der Waals surface area contributed by atoms with Crippen molar-refractivity contribution in [3.8, 4) is 0 Å². The lowest BCUT2D eigenvalue weighted by Crippen LogP contribution is -2.30. The van der Waals surface area contributed by atoms with Crippen LogP contribution in [0.2, 0.25) is 0 Å². The summed E-state index contributed by atoms with van der Waals surface area (Å²) in [5.41, 5.74) is 0. The number of esters is 3. The van der Waals surface area contributed by atoms with Crippen molar-refractivity contribution in [2.45, 2.75) is 316 Å². The maximum absolute atomic E-state index is 12.9. The van der Waals surface area contributed by atoms with Gasteiger partial charge in [0.15, 0.2) is 6.10 Å². The second kappa shape index (κ2) is 63.9. The molecule has 0 aliphatic rings. The third-order valence-electron chi connectivity index (χ3n) is 13.8. The highest BCUT2D eigenvalue weighted by Crippen LogP contribution is 2.17. The van der Waals surface area contributed by atoms with Gasteiger partial charge >= 0.3 is 17.9 Å². The Hall–Kier alpha value is -3.67. The number of hydrogen-bond acceptors (Lipinski definition) is 6. The maximum Gasteiger partial charge on any atom is 0.306 e. The Balaban J connectivity index is 4.41. The van der Waals surface area contributed by atoms with Crippen molar-refractivity contribution >= 4 is 17.9 Å². The Morgan fingerprint density at radius 1 is 0.276 bits per heavy atom. The highest BCUT2D eigenvalue weighted by Gasteiger charge is 2.19. The molecule has 0 rings (SSSR count). The van der Waals surface area contributed by atoms with Crippen molar-refractivity contribution in [3.05, 3.63) is 97.2 Å². The zero-order valence-electron chi connectivity index (χ0n) is 50.0. The standard InChI is InChI=1S/C70H120O6/c1-4-7-10-13-16-19-22-25-28-31-33-35-37-39-42-45-48-51-54-57-60-63-69(72)75-66-67(65-74-68(71)62-59-56-53-50-47-44-41-38-30-27-24-21-18-15-12-9-6-3)76-70(73)64-61-58-55-52-49-46-43-40-36-34-32-29-26-23-20-17-14-11-8-5-2/h7,9-10,12,16,18-19,21,25,27-28,30,33,35,41,44,67H,4-6,8,11,13-15,17,20,22-24,26,29,31-32,34,36-40,42-43,45-66H2,1-3H3/b10-7-,12-9-,19-16-,21-18-,28-25-,30-27-,35-33-,44-41-. The molecule has 0 amide bonds. The van der Waals surface area contributed by atoms with Crippen LogP contribution in [0.5, 0.6) is 0 Å². The van der Waals surface area contributed by atoms with Crippen LogP contribution in [0.3, 0.4) is 0 Å². The Morgan fingerprint density at radius 3 is 0.803 bits per heavy atom. The van der Waals surface area contributed by atoms with Gasteiger partial charge in [0.2, 0.25) is 0 Å². The van der Waals surface area contributed by atoms with Gasteiger partial charge in [0.1, 0.15) is 13.2 Å². The molecule has 0 radical (unpaired) electrons. The largest absolute Gasteiger partial charge is 0.462 e. The summed E-state index contributed by atoms with van der Waals surface area (Å²) < 4.78 is 16.9. The molecule has 1 unspecified atom stereocenters. The van der Waals surface area contributed by atoms with E-state index in [0.29, 0.717) is 19.3 Å².